The van der Waals surface area contributed by atoms with Crippen LogP contribution in [0.15, 0.2) is 79.4 Å². The molecule has 6 rings (SSSR count). The zero-order valence-corrected chi connectivity index (χ0v) is 20.3. The van der Waals surface area contributed by atoms with E-state index in [1.807, 2.05) is 48.7 Å². The fourth-order valence-corrected chi connectivity index (χ4v) is 4.45. The molecule has 1 fully saturated rings. The van der Waals surface area contributed by atoms with Gasteiger partial charge in [-0.2, -0.15) is 0 Å². The van der Waals surface area contributed by atoms with E-state index < -0.39 is 0 Å². The predicted molar refractivity (Wildman–Crippen MR) is 145 cm³/mol. The zero-order chi connectivity index (χ0) is 25.0. The SMILES string of the molecule is COc1cncc2nc(-c3ccnc(Nc4ccc(-c5ccccc5)cn4)c3)nc(N[C@@H]3CCNC3)c12. The van der Waals surface area contributed by atoms with Crippen LogP contribution in [0.5, 0.6) is 5.75 Å². The number of aromatic nitrogens is 5. The van der Waals surface area contributed by atoms with Crippen LogP contribution in [0.25, 0.3) is 33.4 Å². The first-order valence-corrected chi connectivity index (χ1v) is 12.2. The van der Waals surface area contributed by atoms with Crippen LogP contribution in [0.1, 0.15) is 6.42 Å². The molecule has 184 valence electrons. The topological polar surface area (TPSA) is 110 Å². The van der Waals surface area contributed by atoms with Gasteiger partial charge in [0, 0.05) is 36.1 Å². The molecule has 37 heavy (non-hydrogen) atoms. The molecule has 9 heteroatoms. The summed E-state index contributed by atoms with van der Waals surface area (Å²) in [5.41, 5.74) is 3.72. The molecule has 3 N–H and O–H groups in total. The highest BCUT2D eigenvalue weighted by atomic mass is 16.5. The largest absolute Gasteiger partial charge is 0.494 e. The van der Waals surface area contributed by atoms with Crippen LogP contribution in [0.4, 0.5) is 17.5 Å². The number of anilines is 3. The van der Waals surface area contributed by atoms with Crippen LogP contribution in [-0.2, 0) is 0 Å². The summed E-state index contributed by atoms with van der Waals surface area (Å²) in [6, 6.07) is 18.2. The predicted octanol–water partition coefficient (Wildman–Crippen LogP) is 4.67. The van der Waals surface area contributed by atoms with Crippen molar-refractivity contribution in [3.63, 3.8) is 0 Å². The number of nitrogens with zero attached hydrogens (tertiary/aromatic N) is 5. The molecule has 1 aromatic carbocycles. The molecule has 9 nitrogen and oxygen atoms in total. The number of nitrogens with one attached hydrogen (secondary N) is 3. The van der Waals surface area contributed by atoms with Crippen molar-refractivity contribution >= 4 is 28.4 Å². The van der Waals surface area contributed by atoms with Crippen LogP contribution in [0.2, 0.25) is 0 Å². The van der Waals surface area contributed by atoms with Crippen molar-refractivity contribution in [3.8, 4) is 28.3 Å². The molecular weight excluding hydrogens is 464 g/mol. The Labute approximate surface area is 214 Å². The Hall–Kier alpha value is -4.63. The number of fused-ring (bicyclic) bond motifs is 1. The summed E-state index contributed by atoms with van der Waals surface area (Å²) in [4.78, 5) is 23.1. The quantitative estimate of drug-likeness (QED) is 0.300. The van der Waals surface area contributed by atoms with Gasteiger partial charge >= 0.3 is 0 Å². The Kier molecular flexibility index (Phi) is 6.26. The normalized spacial score (nSPS) is 15.0. The second-order valence-corrected chi connectivity index (χ2v) is 8.82. The first-order chi connectivity index (χ1) is 18.3. The van der Waals surface area contributed by atoms with Gasteiger partial charge in [0.15, 0.2) is 5.82 Å². The molecule has 5 aromatic rings. The summed E-state index contributed by atoms with van der Waals surface area (Å²) in [5.74, 6) is 3.30. The first-order valence-electron chi connectivity index (χ1n) is 12.2. The van der Waals surface area contributed by atoms with Gasteiger partial charge in [0.05, 0.1) is 30.4 Å². The molecule has 5 heterocycles. The number of hydrogen-bond donors (Lipinski definition) is 3. The van der Waals surface area contributed by atoms with Crippen LogP contribution in [0.3, 0.4) is 0 Å². The average Bonchev–Trinajstić information content (AvgIpc) is 3.47. The second kappa shape index (κ2) is 10.2. The zero-order valence-electron chi connectivity index (χ0n) is 20.3. The highest BCUT2D eigenvalue weighted by Crippen LogP contribution is 2.32. The van der Waals surface area contributed by atoms with Gasteiger partial charge in [-0.1, -0.05) is 30.3 Å². The fraction of sp³-hybridized carbons (Fsp3) is 0.179. The van der Waals surface area contributed by atoms with E-state index in [-0.39, 0.29) is 6.04 Å². The van der Waals surface area contributed by atoms with E-state index in [1.165, 1.54) is 0 Å². The summed E-state index contributed by atoms with van der Waals surface area (Å²) in [6.45, 7) is 1.86. The standard InChI is InChI=1S/C28H26N8O/c1-37-23-17-30-16-22-26(23)28(33-21-10-11-29-15-21)36-27(34-22)19-9-12-31-25(13-19)35-24-8-7-20(14-32-24)18-5-3-2-4-6-18/h2-9,12-14,16-17,21,29H,10-11,15H2,1H3,(H,31,32,35)(H,33,34,36)/t21-/m1/s1. The van der Waals surface area contributed by atoms with Crippen molar-refractivity contribution in [2.75, 3.05) is 30.8 Å². The molecule has 0 amide bonds. The summed E-state index contributed by atoms with van der Waals surface area (Å²) >= 11 is 0. The monoisotopic (exact) mass is 490 g/mol. The lowest BCUT2D eigenvalue weighted by atomic mass is 10.1. The average molecular weight is 491 g/mol. The van der Waals surface area contributed by atoms with Gasteiger partial charge in [-0.15, -0.1) is 0 Å². The minimum Gasteiger partial charge on any atom is -0.494 e. The Balaban J connectivity index is 1.31. The van der Waals surface area contributed by atoms with Gasteiger partial charge in [-0.3, -0.25) is 4.98 Å². The molecule has 1 saturated heterocycles. The fourth-order valence-electron chi connectivity index (χ4n) is 4.45. The molecule has 4 aromatic heterocycles. The van der Waals surface area contributed by atoms with Crippen molar-refractivity contribution in [2.24, 2.45) is 0 Å². The molecule has 0 bridgehead atoms. The number of pyridine rings is 3. The minimum absolute atomic E-state index is 0.281. The summed E-state index contributed by atoms with van der Waals surface area (Å²) in [7, 11) is 1.63. The second-order valence-electron chi connectivity index (χ2n) is 8.82. The third kappa shape index (κ3) is 4.89. The van der Waals surface area contributed by atoms with Crippen LogP contribution >= 0.6 is 0 Å². The number of methoxy groups -OCH3 is 1. The lowest BCUT2D eigenvalue weighted by molar-refractivity contribution is 0.418. The summed E-state index contributed by atoms with van der Waals surface area (Å²) in [6.07, 6.45) is 8.03. The van der Waals surface area contributed by atoms with Gasteiger partial charge in [0.25, 0.3) is 0 Å². The maximum absolute atomic E-state index is 5.58. The van der Waals surface area contributed by atoms with Gasteiger partial charge < -0.3 is 20.7 Å². The number of hydrogen-bond acceptors (Lipinski definition) is 9. The summed E-state index contributed by atoms with van der Waals surface area (Å²) < 4.78 is 5.58. The molecular formula is C28H26N8O. The van der Waals surface area contributed by atoms with E-state index in [4.69, 9.17) is 14.7 Å². The van der Waals surface area contributed by atoms with Crippen LogP contribution < -0.4 is 20.7 Å². The van der Waals surface area contributed by atoms with Crippen molar-refractivity contribution < 1.29 is 4.74 Å². The van der Waals surface area contributed by atoms with E-state index in [0.717, 1.165) is 47.4 Å². The van der Waals surface area contributed by atoms with E-state index in [0.29, 0.717) is 28.7 Å². The Morgan fingerprint density at radius 3 is 2.59 bits per heavy atom. The van der Waals surface area contributed by atoms with Crippen LogP contribution in [-0.4, -0.2) is 51.2 Å². The number of rotatable bonds is 7. The molecule has 0 spiro atoms. The first kappa shape index (κ1) is 22.8. The maximum Gasteiger partial charge on any atom is 0.162 e. The third-order valence-electron chi connectivity index (χ3n) is 6.34. The smallest absolute Gasteiger partial charge is 0.162 e. The maximum atomic E-state index is 5.58. The molecule has 0 unspecified atom stereocenters. The van der Waals surface area contributed by atoms with Crippen molar-refractivity contribution in [3.05, 3.63) is 79.4 Å². The minimum atomic E-state index is 0.281. The van der Waals surface area contributed by atoms with E-state index in [9.17, 15) is 0 Å². The number of ether oxygens (including phenoxy) is 1. The van der Waals surface area contributed by atoms with Gasteiger partial charge in [-0.25, -0.2) is 19.9 Å². The van der Waals surface area contributed by atoms with E-state index in [2.05, 4.69) is 43.0 Å². The Morgan fingerprint density at radius 2 is 1.81 bits per heavy atom. The van der Waals surface area contributed by atoms with Crippen LogP contribution in [0, 0.1) is 0 Å². The molecule has 0 radical (unpaired) electrons. The van der Waals surface area contributed by atoms with Gasteiger partial charge in [0.2, 0.25) is 0 Å². The molecule has 0 saturated carbocycles. The Morgan fingerprint density at radius 1 is 0.892 bits per heavy atom. The van der Waals surface area contributed by atoms with Crippen molar-refractivity contribution in [2.45, 2.75) is 12.5 Å². The molecule has 1 aliphatic rings. The molecule has 1 atom stereocenters. The van der Waals surface area contributed by atoms with Gasteiger partial charge in [0.1, 0.15) is 23.2 Å². The van der Waals surface area contributed by atoms with Crippen molar-refractivity contribution in [1.29, 1.82) is 0 Å². The highest BCUT2D eigenvalue weighted by Gasteiger charge is 2.20. The summed E-state index contributed by atoms with van der Waals surface area (Å²) in [5, 5.41) is 11.1. The molecule has 0 aliphatic carbocycles. The number of benzene rings is 1. The lowest BCUT2D eigenvalue weighted by Crippen LogP contribution is -2.23. The highest BCUT2D eigenvalue weighted by molar-refractivity contribution is 5.95. The van der Waals surface area contributed by atoms with E-state index >= 15 is 0 Å². The molecule has 1 aliphatic heterocycles. The third-order valence-corrected chi connectivity index (χ3v) is 6.34. The Bertz CT molecular complexity index is 1520. The van der Waals surface area contributed by atoms with E-state index in [1.54, 1.807) is 25.7 Å². The lowest BCUT2D eigenvalue weighted by Gasteiger charge is -2.16. The van der Waals surface area contributed by atoms with Crippen molar-refractivity contribution in [1.82, 2.24) is 30.2 Å². The van der Waals surface area contributed by atoms with Gasteiger partial charge in [-0.05, 0) is 42.8 Å².